The maximum Gasteiger partial charge on any atom is 0.326 e. The summed E-state index contributed by atoms with van der Waals surface area (Å²) in [5.41, 5.74) is 5.98. The summed E-state index contributed by atoms with van der Waals surface area (Å²) in [6.45, 7) is 1.88. The molecule has 1 unspecified atom stereocenters. The number of hydrogen-bond acceptors (Lipinski definition) is 6. The first-order valence-corrected chi connectivity index (χ1v) is 5.46. The van der Waals surface area contributed by atoms with Gasteiger partial charge in [-0.2, -0.15) is 10.2 Å². The van der Waals surface area contributed by atoms with Crippen molar-refractivity contribution in [2.24, 2.45) is 15.3 Å². The van der Waals surface area contributed by atoms with E-state index in [0.717, 1.165) is 0 Å². The standard InChI is InChI=1S/C9H14N6O3/c1-9(13-14-9)4-2-7(16)12-6(8(17)18)3-5-11-15-10/h6,10H,2-5H2,1H3,(H-,12,16,17,18)/p+1. The van der Waals surface area contributed by atoms with Gasteiger partial charge < -0.3 is 10.4 Å². The van der Waals surface area contributed by atoms with Crippen molar-refractivity contribution in [1.82, 2.24) is 10.2 Å². The first-order valence-electron chi connectivity index (χ1n) is 5.46. The molecule has 3 N–H and O–H groups in total. The fourth-order valence-electron chi connectivity index (χ4n) is 1.30. The average molecular weight is 255 g/mol. The van der Waals surface area contributed by atoms with Crippen LogP contribution in [0.1, 0.15) is 26.2 Å². The Hall–Kier alpha value is -2.15. The Balaban J connectivity index is 2.32. The molecule has 0 radical (unpaired) electrons. The SMILES string of the molecule is CC1(CCC(=O)NC(CCN=[N+]=N)C(=O)O)N=N1. The van der Waals surface area contributed by atoms with E-state index < -0.39 is 17.7 Å². The number of nitrogens with zero attached hydrogens (tertiary/aromatic N) is 4. The predicted octanol–water partition coefficient (Wildman–Crippen LogP) is 0.458. The third-order valence-electron chi connectivity index (χ3n) is 2.49. The van der Waals surface area contributed by atoms with Crippen molar-refractivity contribution in [2.45, 2.75) is 37.9 Å². The third-order valence-corrected chi connectivity index (χ3v) is 2.49. The van der Waals surface area contributed by atoms with Crippen LogP contribution in [0.5, 0.6) is 0 Å². The van der Waals surface area contributed by atoms with Gasteiger partial charge in [-0.05, 0) is 6.92 Å². The molecule has 0 aromatic heterocycles. The number of amides is 1. The van der Waals surface area contributed by atoms with E-state index in [0.29, 0.717) is 6.42 Å². The van der Waals surface area contributed by atoms with E-state index in [4.69, 9.17) is 10.6 Å². The second-order valence-electron chi connectivity index (χ2n) is 4.13. The summed E-state index contributed by atoms with van der Waals surface area (Å²) >= 11 is 0. The minimum absolute atomic E-state index is 0.0864. The third kappa shape index (κ3) is 4.79. The van der Waals surface area contributed by atoms with Gasteiger partial charge in [0.2, 0.25) is 10.8 Å². The molecule has 1 amide bonds. The van der Waals surface area contributed by atoms with E-state index in [2.05, 4.69) is 25.6 Å². The number of rotatable bonds is 8. The minimum atomic E-state index is -1.13. The maximum atomic E-state index is 11.5. The number of carboxylic acids is 1. The van der Waals surface area contributed by atoms with Crippen molar-refractivity contribution < 1.29 is 14.7 Å². The van der Waals surface area contributed by atoms with Gasteiger partial charge in [0.25, 0.3) is 0 Å². The lowest BCUT2D eigenvalue weighted by atomic mass is 10.1. The highest BCUT2D eigenvalue weighted by atomic mass is 16.4. The molecule has 0 saturated carbocycles. The van der Waals surface area contributed by atoms with Crippen molar-refractivity contribution in [2.75, 3.05) is 6.54 Å². The Kier molecular flexibility index (Phi) is 4.61. The number of hydrogen-bond donors (Lipinski definition) is 3. The van der Waals surface area contributed by atoms with E-state index in [1.165, 1.54) is 0 Å². The highest BCUT2D eigenvalue weighted by Crippen LogP contribution is 2.31. The smallest absolute Gasteiger partial charge is 0.326 e. The molecule has 0 saturated heterocycles. The summed E-state index contributed by atoms with van der Waals surface area (Å²) < 4.78 is 0. The van der Waals surface area contributed by atoms with Crippen LogP contribution < -0.4 is 10.2 Å². The molecule has 98 valence electrons. The Morgan fingerprint density at radius 1 is 1.56 bits per heavy atom. The lowest BCUT2D eigenvalue weighted by Crippen LogP contribution is -2.41. The molecule has 1 aliphatic rings. The second-order valence-corrected chi connectivity index (χ2v) is 4.13. The fourth-order valence-corrected chi connectivity index (χ4v) is 1.30. The lowest BCUT2D eigenvalue weighted by molar-refractivity contribution is -0.142. The summed E-state index contributed by atoms with van der Waals surface area (Å²) in [5, 5.41) is 22.1. The second kappa shape index (κ2) is 5.97. The van der Waals surface area contributed by atoms with Crippen LogP contribution in [0.15, 0.2) is 15.3 Å². The molecular formula is C9H15N6O3+. The molecule has 1 aliphatic heterocycles. The Labute approximate surface area is 103 Å². The molecule has 18 heavy (non-hydrogen) atoms. The average Bonchev–Trinajstić information content (AvgIpc) is 3.04. The van der Waals surface area contributed by atoms with Crippen LogP contribution in [-0.2, 0) is 9.59 Å². The van der Waals surface area contributed by atoms with Crippen molar-refractivity contribution in [1.29, 1.82) is 5.53 Å². The van der Waals surface area contributed by atoms with Gasteiger partial charge >= 0.3 is 5.97 Å². The molecule has 0 spiro atoms. The van der Waals surface area contributed by atoms with E-state index in [1.807, 2.05) is 0 Å². The zero-order chi connectivity index (χ0) is 13.6. The van der Waals surface area contributed by atoms with Gasteiger partial charge in [-0.15, -0.1) is 0 Å². The van der Waals surface area contributed by atoms with Crippen LogP contribution in [0, 0.1) is 5.53 Å². The van der Waals surface area contributed by atoms with Crippen molar-refractivity contribution in [3.63, 3.8) is 0 Å². The van der Waals surface area contributed by atoms with E-state index >= 15 is 0 Å². The molecule has 0 aliphatic carbocycles. The van der Waals surface area contributed by atoms with E-state index in [9.17, 15) is 9.59 Å². The fraction of sp³-hybridized carbons (Fsp3) is 0.778. The summed E-state index contributed by atoms with van der Waals surface area (Å²) in [6, 6.07) is -1.01. The number of aliphatic carboxylic acids is 1. The largest absolute Gasteiger partial charge is 0.480 e. The molecule has 0 aromatic rings. The molecule has 1 rings (SSSR count). The van der Waals surface area contributed by atoms with Crippen LogP contribution in [0.2, 0.25) is 0 Å². The zero-order valence-corrected chi connectivity index (χ0v) is 9.96. The number of carbonyl (C=O) groups excluding carboxylic acids is 1. The molecule has 0 fully saturated rings. The van der Waals surface area contributed by atoms with Gasteiger partial charge in [-0.3, -0.25) is 4.79 Å². The summed E-state index contributed by atoms with van der Waals surface area (Å²) in [6.07, 6.45) is 0.750. The molecule has 0 bridgehead atoms. The molecule has 9 heteroatoms. The lowest BCUT2D eigenvalue weighted by Gasteiger charge is -2.12. The van der Waals surface area contributed by atoms with Crippen LogP contribution in [0.3, 0.4) is 0 Å². The van der Waals surface area contributed by atoms with E-state index in [1.54, 1.807) is 6.92 Å². The maximum absolute atomic E-state index is 11.5. The molecule has 1 atom stereocenters. The monoisotopic (exact) mass is 255 g/mol. The van der Waals surface area contributed by atoms with Crippen LogP contribution in [-0.4, -0.2) is 35.2 Å². The Morgan fingerprint density at radius 3 is 2.72 bits per heavy atom. The zero-order valence-electron chi connectivity index (χ0n) is 9.96. The highest BCUT2D eigenvalue weighted by molar-refractivity contribution is 5.83. The first kappa shape index (κ1) is 13.9. The Bertz CT molecular complexity index is 409. The first-order chi connectivity index (χ1) is 8.47. The predicted molar refractivity (Wildman–Crippen MR) is 58.8 cm³/mol. The summed E-state index contributed by atoms with van der Waals surface area (Å²) in [4.78, 5) is 25.2. The van der Waals surface area contributed by atoms with Crippen LogP contribution >= 0.6 is 0 Å². The van der Waals surface area contributed by atoms with Crippen molar-refractivity contribution in [3.05, 3.63) is 0 Å². The topological polar surface area (TPSA) is 141 Å². The van der Waals surface area contributed by atoms with Gasteiger partial charge in [0.15, 0.2) is 5.66 Å². The highest BCUT2D eigenvalue weighted by Gasteiger charge is 2.34. The summed E-state index contributed by atoms with van der Waals surface area (Å²) in [7, 11) is 0. The van der Waals surface area contributed by atoms with Crippen LogP contribution in [0.4, 0.5) is 0 Å². The number of nitrogens with one attached hydrogen (secondary N) is 2. The van der Waals surface area contributed by atoms with Crippen LogP contribution in [0.25, 0.3) is 0 Å². The van der Waals surface area contributed by atoms with Gasteiger partial charge in [-0.25, -0.2) is 4.79 Å². The van der Waals surface area contributed by atoms with Gasteiger partial charge in [0.1, 0.15) is 23.2 Å². The summed E-state index contributed by atoms with van der Waals surface area (Å²) in [5.74, 6) is -1.49. The number of carboxylic acid groups (broad SMARTS) is 1. The van der Waals surface area contributed by atoms with E-state index in [-0.39, 0.29) is 25.3 Å². The minimum Gasteiger partial charge on any atom is -0.480 e. The van der Waals surface area contributed by atoms with Crippen molar-refractivity contribution >= 4 is 11.9 Å². The van der Waals surface area contributed by atoms with Crippen molar-refractivity contribution in [3.8, 4) is 0 Å². The van der Waals surface area contributed by atoms with Gasteiger partial charge in [-0.1, -0.05) is 0 Å². The molecule has 1 heterocycles. The number of carbonyl (C=O) groups is 2. The molecule has 0 aromatic carbocycles. The van der Waals surface area contributed by atoms with Gasteiger partial charge in [0, 0.05) is 19.3 Å². The van der Waals surface area contributed by atoms with Gasteiger partial charge in [0.05, 0.1) is 0 Å². The molecule has 9 nitrogen and oxygen atoms in total. The molecular weight excluding hydrogens is 240 g/mol. The quantitative estimate of drug-likeness (QED) is 0.428. The Morgan fingerprint density at radius 2 is 2.22 bits per heavy atom. The normalized spacial score (nSPS) is 16.5.